The van der Waals surface area contributed by atoms with Gasteiger partial charge in [0.25, 0.3) is 0 Å². The van der Waals surface area contributed by atoms with Gasteiger partial charge < -0.3 is 4.90 Å². The summed E-state index contributed by atoms with van der Waals surface area (Å²) in [6.45, 7) is 10.1. The smallest absolute Gasteiger partial charge is 0.0324 e. The molecule has 0 aliphatic carbocycles. The Balaban J connectivity index is -0.000000149. The molecule has 0 heterocycles. The van der Waals surface area contributed by atoms with E-state index in [4.69, 9.17) is 4.78 Å². The van der Waals surface area contributed by atoms with E-state index in [1.54, 1.807) is 0 Å². The van der Waals surface area contributed by atoms with E-state index in [1.807, 2.05) is 0 Å². The van der Waals surface area contributed by atoms with Crippen LogP contribution in [-0.2, 0) is 12.4 Å². The van der Waals surface area contributed by atoms with Crippen molar-refractivity contribution in [3.05, 3.63) is 0 Å². The lowest BCUT2D eigenvalue weighted by atomic mass is 10.5. The average Bonchev–Trinajstić information content (AvgIpc) is 1.96. The molecular formula is C6H17FN2S. The average molecular weight is 168 g/mol. The largest absolute Gasteiger partial charge is 0.304 e. The number of nitrogens with one attached hydrogen (secondary N) is 1. The van der Waals surface area contributed by atoms with Gasteiger partial charge in [-0.1, -0.05) is 20.8 Å². The summed E-state index contributed by atoms with van der Waals surface area (Å²) < 4.78 is 5.33. The van der Waals surface area contributed by atoms with Crippen molar-refractivity contribution in [3.8, 4) is 0 Å². The van der Waals surface area contributed by atoms with E-state index in [-0.39, 0.29) is 4.70 Å². The van der Waals surface area contributed by atoms with Crippen LogP contribution in [0.2, 0.25) is 0 Å². The molecule has 0 spiro atoms. The fourth-order valence-corrected chi connectivity index (χ4v) is 0.671. The van der Waals surface area contributed by atoms with Crippen molar-refractivity contribution in [2.45, 2.75) is 20.8 Å². The first-order valence-electron chi connectivity index (χ1n) is 3.27. The van der Waals surface area contributed by atoms with Crippen LogP contribution in [0.5, 0.6) is 0 Å². The van der Waals surface area contributed by atoms with Crippen molar-refractivity contribution in [2.24, 2.45) is 0 Å². The lowest BCUT2D eigenvalue weighted by Crippen LogP contribution is -2.21. The van der Waals surface area contributed by atoms with Gasteiger partial charge in [-0.3, -0.25) is 4.70 Å². The molecule has 1 N–H and O–H groups in total. The lowest BCUT2D eigenvalue weighted by Gasteiger charge is -2.13. The second-order valence-corrected chi connectivity index (χ2v) is 1.62. The Hall–Kier alpha value is -0.0900. The molecule has 0 aliphatic rings. The van der Waals surface area contributed by atoms with Gasteiger partial charge in [0.2, 0.25) is 0 Å². The third-order valence-corrected chi connectivity index (χ3v) is 1.34. The lowest BCUT2D eigenvalue weighted by molar-refractivity contribution is 0.321. The maximum absolute atomic E-state index is 5.33. The highest BCUT2D eigenvalue weighted by atomic mass is 32.1. The Bertz CT molecular complexity index is 45.5. The van der Waals surface area contributed by atoms with Crippen LogP contribution < -0.4 is 0 Å². The Labute approximate surface area is 67.9 Å². The van der Waals surface area contributed by atoms with Crippen molar-refractivity contribution >= 4 is 12.4 Å². The predicted octanol–water partition coefficient (Wildman–Crippen LogP) is 1.80. The fourth-order valence-electron chi connectivity index (χ4n) is 0.671. The zero-order valence-electron chi connectivity index (χ0n) is 6.89. The second kappa shape index (κ2) is 16.0. The summed E-state index contributed by atoms with van der Waals surface area (Å²) in [7, 11) is 0. The summed E-state index contributed by atoms with van der Waals surface area (Å²) in [4.78, 5) is 2.38. The maximum atomic E-state index is 5.33. The molecule has 10 heavy (non-hydrogen) atoms. The quantitative estimate of drug-likeness (QED) is 0.695. The molecule has 4 heteroatoms. The highest BCUT2D eigenvalue weighted by Crippen LogP contribution is 1.81. The number of hydrogen-bond donors (Lipinski definition) is 1. The minimum absolute atomic E-state index is 0. The molecule has 0 atom stereocenters. The third kappa shape index (κ3) is 10.8. The molecule has 0 rings (SSSR count). The topological polar surface area (TPSA) is 27.1 Å². The monoisotopic (exact) mass is 168 g/mol. The van der Waals surface area contributed by atoms with E-state index in [1.165, 1.54) is 19.6 Å². The van der Waals surface area contributed by atoms with E-state index in [0.717, 1.165) is 0 Å². The molecule has 0 radical (unpaired) electrons. The first kappa shape index (κ1) is 16.5. The zero-order valence-corrected chi connectivity index (χ0v) is 7.70. The Kier molecular flexibility index (Phi) is 26.3. The van der Waals surface area contributed by atoms with Crippen molar-refractivity contribution < 1.29 is 4.70 Å². The Morgan fingerprint density at radius 2 is 1.20 bits per heavy atom. The van der Waals surface area contributed by atoms with Gasteiger partial charge in [-0.05, 0) is 19.6 Å². The molecule has 0 aromatic carbocycles. The molecule has 0 amide bonds. The maximum Gasteiger partial charge on any atom is 0.0324 e. The number of halogens is 1. The number of hydrogen-bond acceptors (Lipinski definition) is 3. The van der Waals surface area contributed by atoms with Gasteiger partial charge in [-0.2, -0.15) is 0 Å². The second-order valence-electron chi connectivity index (χ2n) is 1.62. The molecule has 0 saturated carbocycles. The van der Waals surface area contributed by atoms with Gasteiger partial charge in [0.15, 0.2) is 0 Å². The Morgan fingerprint density at radius 1 is 1.00 bits per heavy atom. The van der Waals surface area contributed by atoms with E-state index in [2.05, 4.69) is 38.1 Å². The zero-order chi connectivity index (χ0) is 7.70. The van der Waals surface area contributed by atoms with E-state index in [9.17, 15) is 0 Å². The van der Waals surface area contributed by atoms with Crippen LogP contribution in [0.25, 0.3) is 0 Å². The molecule has 0 unspecified atom stereocenters. The van der Waals surface area contributed by atoms with Gasteiger partial charge in [-0.25, -0.2) is 4.78 Å². The van der Waals surface area contributed by atoms with Crippen LogP contribution in [0.1, 0.15) is 20.8 Å². The third-order valence-electron chi connectivity index (χ3n) is 1.34. The summed E-state index contributed by atoms with van der Waals surface area (Å²) in [6.07, 6.45) is 0. The first-order valence-corrected chi connectivity index (χ1v) is 3.68. The molecule has 0 saturated heterocycles. The highest BCUT2D eigenvalue weighted by molar-refractivity contribution is 7.45. The van der Waals surface area contributed by atoms with Crippen LogP contribution in [0.4, 0.5) is 4.70 Å². The number of rotatable bonds is 3. The van der Waals surface area contributed by atoms with Gasteiger partial charge in [-0.15, -0.1) is 0 Å². The molecule has 2 nitrogen and oxygen atoms in total. The van der Waals surface area contributed by atoms with E-state index in [0.29, 0.717) is 0 Å². The molecule has 0 bridgehead atoms. The normalized spacial score (nSPS) is 7.60. The summed E-state index contributed by atoms with van der Waals surface area (Å²) >= 11 is 3.33. The van der Waals surface area contributed by atoms with Gasteiger partial charge >= 0.3 is 0 Å². The van der Waals surface area contributed by atoms with E-state index < -0.39 is 0 Å². The molecular weight excluding hydrogens is 151 g/mol. The molecule has 64 valence electrons. The summed E-state index contributed by atoms with van der Waals surface area (Å²) in [5.41, 5.74) is 0. The Morgan fingerprint density at radius 3 is 1.20 bits per heavy atom. The van der Waals surface area contributed by atoms with Gasteiger partial charge in [0.05, 0.1) is 0 Å². The van der Waals surface area contributed by atoms with Crippen LogP contribution >= 0.6 is 0 Å². The number of nitrogens with zero attached hydrogens (tertiary/aromatic N) is 1. The molecule has 0 aliphatic heterocycles. The van der Waals surface area contributed by atoms with Crippen molar-refractivity contribution in [1.29, 1.82) is 4.78 Å². The summed E-state index contributed by atoms with van der Waals surface area (Å²) in [5, 5.41) is 0. The predicted molar refractivity (Wildman–Crippen MR) is 46.0 cm³/mol. The van der Waals surface area contributed by atoms with Crippen molar-refractivity contribution in [2.75, 3.05) is 19.6 Å². The standard InChI is InChI=1S/C6H15N.FH.HNS/c1-4-7(5-2)6-3;;1-2/h4-6H2,1-3H3;1H;1H. The molecule has 0 aromatic rings. The van der Waals surface area contributed by atoms with Crippen LogP contribution in [0.3, 0.4) is 0 Å². The minimum Gasteiger partial charge on any atom is -0.304 e. The summed E-state index contributed by atoms with van der Waals surface area (Å²) in [6, 6.07) is 0. The van der Waals surface area contributed by atoms with Crippen LogP contribution in [-0.4, -0.2) is 24.5 Å². The van der Waals surface area contributed by atoms with Gasteiger partial charge in [0, 0.05) is 12.4 Å². The van der Waals surface area contributed by atoms with Gasteiger partial charge in [0.1, 0.15) is 0 Å². The summed E-state index contributed by atoms with van der Waals surface area (Å²) in [5.74, 6) is 0. The molecule has 0 aromatic heterocycles. The fraction of sp³-hybridized carbons (Fsp3) is 1.00. The van der Waals surface area contributed by atoms with E-state index >= 15 is 0 Å². The first-order chi connectivity index (χ1) is 4.35. The molecule has 0 fully saturated rings. The highest BCUT2D eigenvalue weighted by Gasteiger charge is 1.89. The minimum atomic E-state index is 0. The van der Waals surface area contributed by atoms with Crippen LogP contribution in [0.15, 0.2) is 0 Å². The van der Waals surface area contributed by atoms with Crippen LogP contribution in [0, 0.1) is 4.78 Å². The SMILES string of the molecule is CCN(CC)CC.F.N=S. The van der Waals surface area contributed by atoms with Crippen molar-refractivity contribution in [1.82, 2.24) is 4.90 Å². The van der Waals surface area contributed by atoms with Crippen molar-refractivity contribution in [3.63, 3.8) is 0 Å².